The quantitative estimate of drug-likeness (QED) is 0.633. The molecule has 0 aromatic heterocycles. The fourth-order valence-corrected chi connectivity index (χ4v) is 2.34. The minimum absolute atomic E-state index is 0.202. The van der Waals surface area contributed by atoms with Crippen LogP contribution in [0, 0.1) is 5.92 Å². The zero-order valence-corrected chi connectivity index (χ0v) is 15.3. The largest absolute Gasteiger partial charge is 0.493 e. The lowest BCUT2D eigenvalue weighted by Gasteiger charge is -2.17. The molecular weight excluding hydrogens is 328 g/mol. The van der Waals surface area contributed by atoms with Crippen LogP contribution in [0.1, 0.15) is 18.9 Å². The van der Waals surface area contributed by atoms with Crippen molar-refractivity contribution >= 4 is 11.9 Å². The molecular formula is C17H26N2O6. The third-order valence-corrected chi connectivity index (χ3v) is 3.74. The van der Waals surface area contributed by atoms with Crippen molar-refractivity contribution in [3.8, 4) is 17.2 Å². The SMILES string of the molecule is COC(=O)C(C)CC(N)C(=O)NCc1cc(OC)c(OC)c(OC)c1. The van der Waals surface area contributed by atoms with Gasteiger partial charge in [-0.1, -0.05) is 6.92 Å². The molecule has 8 nitrogen and oxygen atoms in total. The Morgan fingerprint density at radius 1 is 1.08 bits per heavy atom. The first-order valence-corrected chi connectivity index (χ1v) is 7.77. The number of hydrogen-bond donors (Lipinski definition) is 2. The third-order valence-electron chi connectivity index (χ3n) is 3.74. The van der Waals surface area contributed by atoms with Crippen LogP contribution in [0.15, 0.2) is 12.1 Å². The van der Waals surface area contributed by atoms with Crippen LogP contribution in [0.25, 0.3) is 0 Å². The van der Waals surface area contributed by atoms with Gasteiger partial charge in [0.05, 0.1) is 40.4 Å². The Kier molecular flexibility index (Phi) is 8.00. The van der Waals surface area contributed by atoms with Gasteiger partial charge < -0.3 is 30.0 Å². The van der Waals surface area contributed by atoms with Crippen LogP contribution < -0.4 is 25.3 Å². The van der Waals surface area contributed by atoms with E-state index in [1.54, 1.807) is 19.1 Å². The van der Waals surface area contributed by atoms with E-state index in [-0.39, 0.29) is 18.9 Å². The molecule has 2 atom stereocenters. The minimum Gasteiger partial charge on any atom is -0.493 e. The third kappa shape index (κ3) is 5.53. The number of ether oxygens (including phenoxy) is 4. The highest BCUT2D eigenvalue weighted by molar-refractivity contribution is 5.82. The van der Waals surface area contributed by atoms with Crippen LogP contribution in [0.3, 0.4) is 0 Å². The Morgan fingerprint density at radius 3 is 2.08 bits per heavy atom. The molecule has 0 bridgehead atoms. The van der Waals surface area contributed by atoms with Crippen molar-refractivity contribution in [3.05, 3.63) is 17.7 Å². The van der Waals surface area contributed by atoms with E-state index in [0.717, 1.165) is 5.56 Å². The Balaban J connectivity index is 2.74. The van der Waals surface area contributed by atoms with E-state index in [4.69, 9.17) is 19.9 Å². The van der Waals surface area contributed by atoms with Crippen LogP contribution in [-0.2, 0) is 20.9 Å². The molecule has 0 aliphatic rings. The number of hydrogen-bond acceptors (Lipinski definition) is 7. The number of amides is 1. The second-order valence-electron chi connectivity index (χ2n) is 5.52. The van der Waals surface area contributed by atoms with E-state index in [2.05, 4.69) is 10.1 Å². The lowest BCUT2D eigenvalue weighted by Crippen LogP contribution is -2.42. The van der Waals surface area contributed by atoms with Crippen LogP contribution in [0.4, 0.5) is 0 Å². The van der Waals surface area contributed by atoms with Crippen molar-refractivity contribution < 1.29 is 28.5 Å². The van der Waals surface area contributed by atoms with Crippen molar-refractivity contribution in [3.63, 3.8) is 0 Å². The van der Waals surface area contributed by atoms with Crippen molar-refractivity contribution in [1.82, 2.24) is 5.32 Å². The summed E-state index contributed by atoms with van der Waals surface area (Å²) in [4.78, 5) is 23.5. The summed E-state index contributed by atoms with van der Waals surface area (Å²) in [6.07, 6.45) is 0.202. The number of rotatable bonds is 9. The minimum atomic E-state index is -0.809. The van der Waals surface area contributed by atoms with E-state index >= 15 is 0 Å². The number of nitrogens with two attached hydrogens (primary N) is 1. The van der Waals surface area contributed by atoms with Gasteiger partial charge in [0.2, 0.25) is 11.7 Å². The van der Waals surface area contributed by atoms with Gasteiger partial charge in [0, 0.05) is 6.54 Å². The molecule has 25 heavy (non-hydrogen) atoms. The van der Waals surface area contributed by atoms with E-state index < -0.39 is 17.9 Å². The van der Waals surface area contributed by atoms with Crippen molar-refractivity contribution in [2.24, 2.45) is 11.7 Å². The van der Waals surface area contributed by atoms with Crippen LogP contribution in [0.2, 0.25) is 0 Å². The molecule has 1 aromatic rings. The van der Waals surface area contributed by atoms with Crippen molar-refractivity contribution in [2.75, 3.05) is 28.4 Å². The first-order valence-electron chi connectivity index (χ1n) is 7.77. The first kappa shape index (κ1) is 20.6. The van der Waals surface area contributed by atoms with Crippen molar-refractivity contribution in [1.29, 1.82) is 0 Å². The zero-order chi connectivity index (χ0) is 19.0. The predicted molar refractivity (Wildman–Crippen MR) is 91.7 cm³/mol. The lowest BCUT2D eigenvalue weighted by atomic mass is 10.0. The van der Waals surface area contributed by atoms with E-state index in [9.17, 15) is 9.59 Å². The van der Waals surface area contributed by atoms with Crippen molar-refractivity contribution in [2.45, 2.75) is 25.9 Å². The number of carbonyl (C=O) groups is 2. The molecule has 3 N–H and O–H groups in total. The molecule has 1 rings (SSSR count). The number of carbonyl (C=O) groups excluding carboxylic acids is 2. The lowest BCUT2D eigenvalue weighted by molar-refractivity contribution is -0.145. The predicted octanol–water partition coefficient (Wildman–Crippen LogP) is 0.855. The number of benzene rings is 1. The molecule has 1 amide bonds. The molecule has 0 aliphatic carbocycles. The molecule has 1 aromatic carbocycles. The van der Waals surface area contributed by atoms with Gasteiger partial charge >= 0.3 is 5.97 Å². The number of nitrogens with one attached hydrogen (secondary N) is 1. The second kappa shape index (κ2) is 9.73. The first-order chi connectivity index (χ1) is 11.9. The summed E-state index contributed by atoms with van der Waals surface area (Å²) in [6.45, 7) is 1.90. The molecule has 0 saturated heterocycles. The monoisotopic (exact) mass is 354 g/mol. The van der Waals surface area contributed by atoms with Gasteiger partial charge in [0.25, 0.3) is 0 Å². The normalized spacial score (nSPS) is 12.7. The number of methoxy groups -OCH3 is 4. The highest BCUT2D eigenvalue weighted by atomic mass is 16.5. The second-order valence-corrected chi connectivity index (χ2v) is 5.52. The maximum atomic E-state index is 12.1. The van der Waals surface area contributed by atoms with Gasteiger partial charge in [-0.2, -0.15) is 0 Å². The molecule has 8 heteroatoms. The van der Waals surface area contributed by atoms with E-state index in [0.29, 0.717) is 17.2 Å². The Bertz CT molecular complexity index is 580. The molecule has 0 aliphatic heterocycles. The standard InChI is InChI=1S/C17H26N2O6/c1-10(17(21)25-5)6-12(18)16(20)19-9-11-7-13(22-2)15(24-4)14(8-11)23-3/h7-8,10,12H,6,9,18H2,1-5H3,(H,19,20). The molecule has 140 valence electrons. The summed E-state index contributed by atoms with van der Waals surface area (Å²) >= 11 is 0. The Labute approximate surface area is 147 Å². The maximum absolute atomic E-state index is 12.1. The molecule has 0 saturated carbocycles. The van der Waals surface area contributed by atoms with Gasteiger partial charge in [-0.05, 0) is 24.1 Å². The summed E-state index contributed by atoms with van der Waals surface area (Å²) < 4.78 is 20.4. The zero-order valence-electron chi connectivity index (χ0n) is 15.3. The van der Waals surface area contributed by atoms with E-state index in [1.807, 2.05) is 0 Å². The van der Waals surface area contributed by atoms with E-state index in [1.165, 1.54) is 28.4 Å². The van der Waals surface area contributed by atoms with Crippen LogP contribution in [-0.4, -0.2) is 46.4 Å². The average Bonchev–Trinajstić information content (AvgIpc) is 2.63. The summed E-state index contributed by atoms with van der Waals surface area (Å²) in [5.74, 6) is 0.261. The highest BCUT2D eigenvalue weighted by Gasteiger charge is 2.22. The van der Waals surface area contributed by atoms with Crippen LogP contribution >= 0.6 is 0 Å². The summed E-state index contributed by atoms with van der Waals surface area (Å²) in [5.41, 5.74) is 6.60. The van der Waals surface area contributed by atoms with Gasteiger partial charge in [-0.15, -0.1) is 0 Å². The number of esters is 1. The smallest absolute Gasteiger partial charge is 0.308 e. The topological polar surface area (TPSA) is 109 Å². The maximum Gasteiger partial charge on any atom is 0.308 e. The summed E-state index contributed by atoms with van der Waals surface area (Å²) in [6, 6.07) is 2.67. The van der Waals surface area contributed by atoms with Crippen LogP contribution in [0.5, 0.6) is 17.2 Å². The molecule has 0 spiro atoms. The Morgan fingerprint density at radius 2 is 1.64 bits per heavy atom. The van der Waals surface area contributed by atoms with Gasteiger partial charge in [0.15, 0.2) is 11.5 Å². The molecule has 2 unspecified atom stereocenters. The molecule has 0 radical (unpaired) electrons. The summed E-state index contributed by atoms with van der Waals surface area (Å²) in [7, 11) is 5.85. The highest BCUT2D eigenvalue weighted by Crippen LogP contribution is 2.38. The van der Waals surface area contributed by atoms with Gasteiger partial charge in [-0.3, -0.25) is 9.59 Å². The fraction of sp³-hybridized carbons (Fsp3) is 0.529. The molecule has 0 heterocycles. The fourth-order valence-electron chi connectivity index (χ4n) is 2.34. The van der Waals surface area contributed by atoms with Gasteiger partial charge in [0.1, 0.15) is 0 Å². The van der Waals surface area contributed by atoms with Gasteiger partial charge in [-0.25, -0.2) is 0 Å². The summed E-state index contributed by atoms with van der Waals surface area (Å²) in [5, 5.41) is 2.73. The Hall–Kier alpha value is -2.48. The average molecular weight is 354 g/mol. The molecule has 0 fully saturated rings.